The average molecular weight is 1260 g/mol. The van der Waals surface area contributed by atoms with Gasteiger partial charge in [-0.1, -0.05) is 178 Å². The number of carbonyl (C=O) groups is 4. The Bertz CT molecular complexity index is 2440. The van der Waals surface area contributed by atoms with Crippen LogP contribution < -0.4 is 31.0 Å². The summed E-state index contributed by atoms with van der Waals surface area (Å²) >= 11 is 0. The fourth-order valence-corrected chi connectivity index (χ4v) is 19.6. The number of aryl methyl sites for hydroxylation is 2. The number of aromatic nitrogens is 2. The van der Waals surface area contributed by atoms with Gasteiger partial charge in [0.05, 0.1) is 0 Å². The fraction of sp³-hybridized carbons (Fsp3) is 0.484. The Morgan fingerprint density at radius 1 is 0.382 bits per heavy atom. The second kappa shape index (κ2) is 34.8. The first-order valence-corrected chi connectivity index (χ1v) is 30.1. The molecule has 0 spiro atoms. The number of para-hydroxylation sites is 2. The SMILES string of the molecule is CC(=O)[O-].CC(=O)[O-].CC(=O)[O-].CC(=O)[O-].Cn1c(-c2ccccc2P(C2CCCCC2)C2CCCCC2)cc2ccccc21.Cn1c(-c2ccccc2P(C2CCCCC2)C2CCCCC2)cc2ccccc21.[Pd+2].[Pd+2]. The van der Waals surface area contributed by atoms with Crippen LogP contribution in [0.25, 0.3) is 44.3 Å². The minimum Gasteiger partial charge on any atom is -0.550 e. The summed E-state index contributed by atoms with van der Waals surface area (Å²) in [6.45, 7) is 3.89. The molecular weight excluding hydrogens is 1180 g/mol. The van der Waals surface area contributed by atoms with Crippen LogP contribution in [0.5, 0.6) is 0 Å². The first kappa shape index (κ1) is 66.3. The molecule has 0 saturated heterocycles. The van der Waals surface area contributed by atoms with Gasteiger partial charge in [-0.05, 0) is 137 Å². The molecule has 10 rings (SSSR count). The van der Waals surface area contributed by atoms with Crippen LogP contribution in [0.15, 0.2) is 109 Å². The van der Waals surface area contributed by atoms with Crippen molar-refractivity contribution in [1.29, 1.82) is 0 Å². The molecule has 416 valence electrons. The van der Waals surface area contributed by atoms with Crippen LogP contribution in [0.2, 0.25) is 0 Å². The monoisotopic (exact) mass is 1250 g/mol. The fourth-order valence-electron chi connectivity index (χ4n) is 11.7. The quantitative estimate of drug-likeness (QED) is 0.107. The van der Waals surface area contributed by atoms with Gasteiger partial charge in [0, 0.05) is 82.3 Å². The average Bonchev–Trinajstić information content (AvgIpc) is 3.91. The zero-order valence-corrected chi connectivity index (χ0v) is 50.4. The standard InChI is InChI=1S/2C27H34NP.4C2H4O2.2Pd/c2*1-28-25-18-10-8-12-21(25)20-26(28)24-17-9-11-19-27(24)29(22-13-4-2-5-14-22)23-15-6-3-7-16-23;4*1-2(3)4;;/h2*8-12,17-20,22-23H,2-7,13-16H2,1H3;4*1H3,(H,3,4);;/q;;;;;;2*+2/p-4. The van der Waals surface area contributed by atoms with Crippen molar-refractivity contribution in [2.45, 2.75) is 179 Å². The summed E-state index contributed by atoms with van der Waals surface area (Å²) in [4.78, 5) is 35.6. The number of aliphatic carboxylic acids is 4. The van der Waals surface area contributed by atoms with Crippen LogP contribution in [-0.2, 0) is 74.1 Å². The van der Waals surface area contributed by atoms with E-state index in [0.717, 1.165) is 50.3 Å². The molecule has 4 aromatic carbocycles. The molecule has 2 heterocycles. The zero-order valence-electron chi connectivity index (χ0n) is 45.5. The summed E-state index contributed by atoms with van der Waals surface area (Å²) in [6, 6.07) is 41.5. The van der Waals surface area contributed by atoms with Crippen LogP contribution in [0, 0.1) is 0 Å². The summed E-state index contributed by atoms with van der Waals surface area (Å²) in [7, 11) is 4.31. The van der Waals surface area contributed by atoms with Gasteiger partial charge < -0.3 is 48.7 Å². The van der Waals surface area contributed by atoms with E-state index in [2.05, 4.69) is 132 Å². The van der Waals surface area contributed by atoms with Crippen molar-refractivity contribution in [3.05, 3.63) is 109 Å². The third kappa shape index (κ3) is 20.4. The number of carboxylic acids is 4. The van der Waals surface area contributed by atoms with Crippen molar-refractivity contribution in [2.75, 3.05) is 0 Å². The van der Waals surface area contributed by atoms with Gasteiger partial charge in [0.2, 0.25) is 0 Å². The number of hydrogen-bond donors (Lipinski definition) is 0. The van der Waals surface area contributed by atoms with Crippen molar-refractivity contribution < 1.29 is 80.4 Å². The van der Waals surface area contributed by atoms with E-state index in [1.807, 2.05) is 0 Å². The van der Waals surface area contributed by atoms with Gasteiger partial charge in [-0.25, -0.2) is 0 Å². The third-order valence-electron chi connectivity index (χ3n) is 14.7. The maximum Gasteiger partial charge on any atom is 2.00 e. The number of carboxylic acid groups (broad SMARTS) is 4. The molecule has 10 nitrogen and oxygen atoms in total. The zero-order chi connectivity index (χ0) is 53.6. The Labute approximate surface area is 483 Å². The number of hydrogen-bond acceptors (Lipinski definition) is 8. The van der Waals surface area contributed by atoms with Crippen molar-refractivity contribution in [2.24, 2.45) is 14.1 Å². The molecule has 0 amide bonds. The molecule has 2 aromatic heterocycles. The summed E-state index contributed by atoms with van der Waals surface area (Å²) in [5, 5.41) is 41.7. The maximum absolute atomic E-state index is 8.89. The van der Waals surface area contributed by atoms with E-state index >= 15 is 0 Å². The molecule has 0 unspecified atom stereocenters. The number of benzene rings is 4. The van der Waals surface area contributed by atoms with Crippen LogP contribution in [-0.4, -0.2) is 55.6 Å². The topological polar surface area (TPSA) is 170 Å². The Morgan fingerprint density at radius 3 is 0.855 bits per heavy atom. The first-order valence-electron chi connectivity index (χ1n) is 27.1. The third-order valence-corrected chi connectivity index (χ3v) is 21.8. The molecule has 4 fully saturated rings. The Balaban J connectivity index is 0.000000306. The molecule has 76 heavy (non-hydrogen) atoms. The van der Waals surface area contributed by atoms with Crippen molar-refractivity contribution in [3.8, 4) is 22.5 Å². The minimum atomic E-state index is -1.08. The Morgan fingerprint density at radius 2 is 0.605 bits per heavy atom. The van der Waals surface area contributed by atoms with Gasteiger partial charge in [0.15, 0.2) is 0 Å². The first-order chi connectivity index (χ1) is 35.6. The molecule has 14 heteroatoms. The number of rotatable bonds is 8. The van der Waals surface area contributed by atoms with Gasteiger partial charge in [-0.3, -0.25) is 0 Å². The molecule has 0 bridgehead atoms. The number of nitrogens with zero attached hydrogens (tertiary/aromatic N) is 2. The maximum atomic E-state index is 8.89. The van der Waals surface area contributed by atoms with Crippen LogP contribution in [0.1, 0.15) is 156 Å². The molecule has 0 aliphatic heterocycles. The van der Waals surface area contributed by atoms with E-state index in [4.69, 9.17) is 39.6 Å². The van der Waals surface area contributed by atoms with Crippen LogP contribution in [0.4, 0.5) is 0 Å². The van der Waals surface area contributed by atoms with E-state index < -0.39 is 23.9 Å². The molecule has 4 aliphatic rings. The van der Waals surface area contributed by atoms with Gasteiger partial charge in [0.1, 0.15) is 0 Å². The molecule has 4 saturated carbocycles. The summed E-state index contributed by atoms with van der Waals surface area (Å²) in [6.07, 6.45) is 29.1. The van der Waals surface area contributed by atoms with Gasteiger partial charge >= 0.3 is 40.8 Å². The predicted molar refractivity (Wildman–Crippen MR) is 300 cm³/mol. The summed E-state index contributed by atoms with van der Waals surface area (Å²) < 4.78 is 4.84. The molecular formula is C62H80N2O8P2Pd2. The molecule has 0 radical (unpaired) electrons. The second-order valence-corrected chi connectivity index (χ2v) is 25.8. The Hall–Kier alpha value is -3.98. The van der Waals surface area contributed by atoms with Crippen LogP contribution in [0.3, 0.4) is 0 Å². The number of fused-ring (bicyclic) bond motifs is 2. The van der Waals surface area contributed by atoms with Crippen molar-refractivity contribution in [1.82, 2.24) is 9.13 Å². The molecule has 0 N–H and O–H groups in total. The predicted octanol–water partition coefficient (Wildman–Crippen LogP) is 10.3. The van der Waals surface area contributed by atoms with Crippen LogP contribution >= 0.6 is 15.8 Å². The molecule has 0 atom stereocenters. The Kier molecular flexibility index (Phi) is 30.4. The summed E-state index contributed by atoms with van der Waals surface area (Å²) in [5.74, 6) is -4.33. The van der Waals surface area contributed by atoms with E-state index in [0.29, 0.717) is 0 Å². The number of carbonyl (C=O) groups excluding carboxylic acids is 4. The van der Waals surface area contributed by atoms with Crippen molar-refractivity contribution >= 4 is 72.1 Å². The van der Waals surface area contributed by atoms with Crippen molar-refractivity contribution in [3.63, 3.8) is 0 Å². The molecule has 6 aromatic rings. The smallest absolute Gasteiger partial charge is 0.550 e. The molecule has 4 aliphatic carbocycles. The van der Waals surface area contributed by atoms with E-state index in [-0.39, 0.29) is 56.7 Å². The van der Waals surface area contributed by atoms with Gasteiger partial charge in [-0.2, -0.15) is 0 Å². The largest absolute Gasteiger partial charge is 2.00 e. The normalized spacial score (nSPS) is 16.0. The van der Waals surface area contributed by atoms with E-state index in [1.165, 1.54) is 173 Å². The minimum absolute atomic E-state index is 0. The van der Waals surface area contributed by atoms with Gasteiger partial charge in [0.25, 0.3) is 0 Å². The second-order valence-electron chi connectivity index (χ2n) is 20.3. The van der Waals surface area contributed by atoms with E-state index in [1.54, 1.807) is 10.6 Å². The van der Waals surface area contributed by atoms with E-state index in [9.17, 15) is 0 Å². The van der Waals surface area contributed by atoms with Gasteiger partial charge in [-0.15, -0.1) is 0 Å². The summed E-state index contributed by atoms with van der Waals surface area (Å²) in [5.41, 5.74) is 12.3.